The van der Waals surface area contributed by atoms with E-state index in [0.717, 1.165) is 11.8 Å². The lowest BCUT2D eigenvalue weighted by Crippen LogP contribution is -2.51. The summed E-state index contributed by atoms with van der Waals surface area (Å²) in [7, 11) is -3.26. The first-order chi connectivity index (χ1) is 14.1. The minimum absolute atomic E-state index is 0.138. The van der Waals surface area contributed by atoms with Crippen LogP contribution in [0, 0.1) is 0 Å². The highest BCUT2D eigenvalue weighted by molar-refractivity contribution is 7.88. The van der Waals surface area contributed by atoms with Crippen molar-refractivity contribution in [3.8, 4) is 0 Å². The smallest absolute Gasteiger partial charge is 0.240 e. The number of carbonyl (C=O) groups excluding carboxylic acids is 1. The van der Waals surface area contributed by atoms with Gasteiger partial charge in [-0.1, -0.05) is 30.3 Å². The summed E-state index contributed by atoms with van der Waals surface area (Å²) in [5.41, 5.74) is 5.81. The van der Waals surface area contributed by atoms with Crippen LogP contribution >= 0.6 is 0 Å². The maximum Gasteiger partial charge on any atom is 0.240 e. The summed E-state index contributed by atoms with van der Waals surface area (Å²) in [5, 5.41) is 14.5. The van der Waals surface area contributed by atoms with Crippen molar-refractivity contribution in [3.05, 3.63) is 41.7 Å². The number of aryl methyl sites for hydroxylation is 1. The van der Waals surface area contributed by atoms with Crippen molar-refractivity contribution < 1.29 is 17.9 Å². The molecule has 4 N–H and O–H groups in total. The normalized spacial score (nSPS) is 13.2. The molecule has 1 atom stereocenters. The third kappa shape index (κ3) is 8.14. The summed E-state index contributed by atoms with van der Waals surface area (Å²) in [4.78, 5) is 12.4. The van der Waals surface area contributed by atoms with Gasteiger partial charge in [0.2, 0.25) is 15.9 Å². The van der Waals surface area contributed by atoms with Crippen LogP contribution < -0.4 is 15.8 Å². The number of amides is 1. The van der Waals surface area contributed by atoms with E-state index in [2.05, 4.69) is 25.6 Å². The van der Waals surface area contributed by atoms with Crippen molar-refractivity contribution >= 4 is 15.9 Å². The molecule has 0 aliphatic rings. The van der Waals surface area contributed by atoms with E-state index in [1.54, 1.807) is 13.8 Å². The van der Waals surface area contributed by atoms with Gasteiger partial charge in [0.25, 0.3) is 0 Å². The lowest BCUT2D eigenvalue weighted by Gasteiger charge is -2.23. The first kappa shape index (κ1) is 23.9. The van der Waals surface area contributed by atoms with Crippen LogP contribution in [0.2, 0.25) is 0 Å². The lowest BCUT2D eigenvalue weighted by molar-refractivity contribution is -0.126. The maximum absolute atomic E-state index is 12.4. The number of carbonyl (C=O) groups is 1. The Labute approximate surface area is 176 Å². The molecule has 1 heterocycles. The van der Waals surface area contributed by atoms with Crippen molar-refractivity contribution in [3.63, 3.8) is 0 Å². The number of nitrogens with one attached hydrogen (secondary N) is 2. The van der Waals surface area contributed by atoms with E-state index >= 15 is 0 Å². The van der Waals surface area contributed by atoms with Gasteiger partial charge in [0.05, 0.1) is 25.0 Å². The number of hydrogen-bond acceptors (Lipinski definition) is 8. The number of tetrazole rings is 1. The van der Waals surface area contributed by atoms with E-state index in [0.29, 0.717) is 25.4 Å². The summed E-state index contributed by atoms with van der Waals surface area (Å²) in [6.07, 6.45) is 1.57. The van der Waals surface area contributed by atoms with Gasteiger partial charge in [-0.3, -0.25) is 4.79 Å². The number of nitrogens with two attached hydrogens (primary N) is 1. The Balaban J connectivity index is 2.06. The Hall–Kier alpha value is -2.41. The number of sulfonamides is 1. The highest BCUT2D eigenvalue weighted by Crippen LogP contribution is 2.13. The Morgan fingerprint density at radius 1 is 1.30 bits per heavy atom. The number of aromatic nitrogens is 4. The molecule has 1 aromatic heterocycles. The number of hydrogen-bond donors (Lipinski definition) is 3. The van der Waals surface area contributed by atoms with Crippen LogP contribution in [0.15, 0.2) is 30.3 Å². The third-order valence-corrected chi connectivity index (χ3v) is 4.80. The van der Waals surface area contributed by atoms with Crippen molar-refractivity contribution in [2.75, 3.05) is 19.4 Å². The standard InChI is InChI=1S/C18H29N7O4S/c1-18(2,19)17(26)21-15(13-29-12-14-8-5-4-6-9-14)16-22-23-24-25(16)11-7-10-20-30(3,27)28/h4-6,8-9,15,20H,7,10-13,19H2,1-3H3,(H,21,26)/t15-/m1/s1. The van der Waals surface area contributed by atoms with Gasteiger partial charge >= 0.3 is 0 Å². The Kier molecular flexibility index (Phi) is 8.41. The Morgan fingerprint density at radius 2 is 2.00 bits per heavy atom. The summed E-state index contributed by atoms with van der Waals surface area (Å²) in [5.74, 6) is 0.0316. The average molecular weight is 440 g/mol. The fraction of sp³-hybridized carbons (Fsp3) is 0.556. The molecule has 2 rings (SSSR count). The van der Waals surface area contributed by atoms with Gasteiger partial charge in [-0.25, -0.2) is 17.8 Å². The van der Waals surface area contributed by atoms with Gasteiger partial charge in [-0.15, -0.1) is 5.10 Å². The van der Waals surface area contributed by atoms with Crippen molar-refractivity contribution in [2.24, 2.45) is 5.73 Å². The van der Waals surface area contributed by atoms with Crippen LogP contribution in [0.5, 0.6) is 0 Å². The molecule has 2 aromatic rings. The van der Waals surface area contributed by atoms with Gasteiger partial charge < -0.3 is 15.8 Å². The average Bonchev–Trinajstić information content (AvgIpc) is 3.12. The number of benzene rings is 1. The molecule has 0 unspecified atom stereocenters. The molecular weight excluding hydrogens is 410 g/mol. The van der Waals surface area contributed by atoms with Crippen LogP contribution in [0.1, 0.15) is 37.7 Å². The fourth-order valence-corrected chi connectivity index (χ4v) is 3.02. The molecule has 0 radical (unpaired) electrons. The highest BCUT2D eigenvalue weighted by Gasteiger charge is 2.28. The third-order valence-electron chi connectivity index (χ3n) is 4.07. The molecule has 11 nitrogen and oxygen atoms in total. The van der Waals surface area contributed by atoms with E-state index in [1.807, 2.05) is 30.3 Å². The SMILES string of the molecule is CC(C)(N)C(=O)N[C@H](COCc1ccccc1)c1nnnn1CCCNS(C)(=O)=O. The molecule has 166 valence electrons. The van der Waals surface area contributed by atoms with Crippen LogP contribution in [0.4, 0.5) is 0 Å². The van der Waals surface area contributed by atoms with Crippen LogP contribution in [-0.2, 0) is 32.7 Å². The predicted octanol–water partition coefficient (Wildman–Crippen LogP) is -0.276. The Bertz CT molecular complexity index is 910. The molecular formula is C18H29N7O4S. The van der Waals surface area contributed by atoms with Crippen molar-refractivity contribution in [1.82, 2.24) is 30.2 Å². The predicted molar refractivity (Wildman–Crippen MR) is 111 cm³/mol. The van der Waals surface area contributed by atoms with E-state index in [-0.39, 0.29) is 19.1 Å². The van der Waals surface area contributed by atoms with Crippen molar-refractivity contribution in [1.29, 1.82) is 0 Å². The first-order valence-corrected chi connectivity index (χ1v) is 11.4. The largest absolute Gasteiger partial charge is 0.374 e. The van der Waals surface area contributed by atoms with E-state index < -0.39 is 21.6 Å². The molecule has 0 aliphatic carbocycles. The van der Waals surface area contributed by atoms with Crippen molar-refractivity contribution in [2.45, 2.75) is 45.0 Å². The molecule has 0 fully saturated rings. The number of rotatable bonds is 12. The van der Waals surface area contributed by atoms with Gasteiger partial charge in [0.1, 0.15) is 6.04 Å². The summed E-state index contributed by atoms with van der Waals surface area (Å²) < 4.78 is 32.1. The van der Waals surface area contributed by atoms with Gasteiger partial charge in [-0.2, -0.15) is 0 Å². The second-order valence-electron chi connectivity index (χ2n) is 7.53. The highest BCUT2D eigenvalue weighted by atomic mass is 32.2. The van der Waals surface area contributed by atoms with Crippen LogP contribution in [0.25, 0.3) is 0 Å². The fourth-order valence-electron chi connectivity index (χ4n) is 2.50. The van der Waals surface area contributed by atoms with E-state index in [4.69, 9.17) is 10.5 Å². The zero-order chi connectivity index (χ0) is 22.2. The lowest BCUT2D eigenvalue weighted by atomic mass is 10.1. The minimum Gasteiger partial charge on any atom is -0.374 e. The van der Waals surface area contributed by atoms with Gasteiger partial charge in [-0.05, 0) is 36.3 Å². The van der Waals surface area contributed by atoms with Gasteiger partial charge in [0.15, 0.2) is 5.82 Å². The zero-order valence-corrected chi connectivity index (χ0v) is 18.2. The zero-order valence-electron chi connectivity index (χ0n) is 17.4. The molecule has 12 heteroatoms. The molecule has 0 saturated heterocycles. The second-order valence-corrected chi connectivity index (χ2v) is 9.36. The topological polar surface area (TPSA) is 154 Å². The van der Waals surface area contributed by atoms with Gasteiger partial charge in [0, 0.05) is 13.1 Å². The molecule has 0 saturated carbocycles. The minimum atomic E-state index is -3.26. The summed E-state index contributed by atoms with van der Waals surface area (Å²) in [6, 6.07) is 9.01. The van der Waals surface area contributed by atoms with Crippen LogP contribution in [-0.4, -0.2) is 59.5 Å². The monoisotopic (exact) mass is 439 g/mol. The molecule has 0 bridgehead atoms. The summed E-state index contributed by atoms with van der Waals surface area (Å²) >= 11 is 0. The molecule has 30 heavy (non-hydrogen) atoms. The number of nitrogens with zero attached hydrogens (tertiary/aromatic N) is 4. The first-order valence-electron chi connectivity index (χ1n) is 9.48. The van der Waals surface area contributed by atoms with E-state index in [1.165, 1.54) is 4.68 Å². The second kappa shape index (κ2) is 10.6. The summed E-state index contributed by atoms with van der Waals surface area (Å²) in [6.45, 7) is 4.31. The number of ether oxygens (including phenoxy) is 1. The molecule has 1 amide bonds. The van der Waals surface area contributed by atoms with E-state index in [9.17, 15) is 13.2 Å². The molecule has 0 spiro atoms. The molecule has 0 aliphatic heterocycles. The quantitative estimate of drug-likeness (QED) is 0.382. The Morgan fingerprint density at radius 3 is 2.63 bits per heavy atom. The molecule has 1 aromatic carbocycles. The maximum atomic E-state index is 12.4. The van der Waals surface area contributed by atoms with Crippen LogP contribution in [0.3, 0.4) is 0 Å².